The van der Waals surface area contributed by atoms with Crippen LogP contribution in [0.4, 0.5) is 22.0 Å². The lowest BCUT2D eigenvalue weighted by Crippen LogP contribution is -2.40. The van der Waals surface area contributed by atoms with Gasteiger partial charge in [0.05, 0.1) is 35.8 Å². The maximum absolute atomic E-state index is 13.3. The maximum Gasteiger partial charge on any atom is 0.455 e. The zero-order valence-corrected chi connectivity index (χ0v) is 15.3. The molecule has 0 aliphatic heterocycles. The number of hydrogen-bond donors (Lipinski definition) is 0. The number of thioether (sulfide) groups is 1. The van der Waals surface area contributed by atoms with Crippen molar-refractivity contribution in [2.45, 2.75) is 30.5 Å². The summed E-state index contributed by atoms with van der Waals surface area (Å²) in [6.45, 7) is 0.391. The predicted octanol–water partition coefficient (Wildman–Crippen LogP) is 5.46. The van der Waals surface area contributed by atoms with Crippen LogP contribution in [0.1, 0.15) is 6.92 Å². The Morgan fingerprint density at radius 1 is 1.15 bits per heavy atom. The molecule has 3 aromatic heterocycles. The second-order valence-electron chi connectivity index (χ2n) is 5.55. The van der Waals surface area contributed by atoms with Gasteiger partial charge in [-0.05, 0) is 24.0 Å². The van der Waals surface area contributed by atoms with Gasteiger partial charge in [-0.3, -0.25) is 4.98 Å². The minimum Gasteiger partial charge on any atom is -0.323 e. The van der Waals surface area contributed by atoms with E-state index >= 15 is 0 Å². The molecule has 0 saturated carbocycles. The van der Waals surface area contributed by atoms with E-state index in [1.807, 2.05) is 6.92 Å². The maximum atomic E-state index is 13.3. The summed E-state index contributed by atoms with van der Waals surface area (Å²) in [6.07, 6.45) is -3.51. The molecule has 3 aromatic rings. The van der Waals surface area contributed by atoms with E-state index in [-0.39, 0.29) is 16.2 Å². The molecule has 0 spiro atoms. The number of alkyl halides is 5. The molecular formula is C16H12ClF5N4S. The number of imidazole rings is 1. The molecule has 27 heavy (non-hydrogen) atoms. The molecule has 0 atom stereocenters. The highest BCUT2D eigenvalue weighted by Crippen LogP contribution is 2.37. The molecule has 0 bridgehead atoms. The molecule has 0 unspecified atom stereocenters. The van der Waals surface area contributed by atoms with Crippen molar-refractivity contribution in [2.24, 2.45) is 0 Å². The standard InChI is InChI=1S/C16H12ClF5N4S/c1-2-27-12-3-4-13(17)25-14(12)10-5-9-11(6-23-10)26(8-24-9)7-15(18,19)16(20,21)22/h3-6,8H,2,7H2,1H3. The van der Waals surface area contributed by atoms with Gasteiger partial charge in [-0.15, -0.1) is 11.8 Å². The van der Waals surface area contributed by atoms with Crippen LogP contribution in [-0.2, 0) is 6.54 Å². The monoisotopic (exact) mass is 422 g/mol. The summed E-state index contributed by atoms with van der Waals surface area (Å²) in [5, 5.41) is 0.252. The van der Waals surface area contributed by atoms with Crippen molar-refractivity contribution in [3.63, 3.8) is 0 Å². The molecule has 0 amide bonds. The van der Waals surface area contributed by atoms with E-state index in [2.05, 4.69) is 15.0 Å². The molecule has 4 nitrogen and oxygen atoms in total. The third-order valence-electron chi connectivity index (χ3n) is 3.66. The molecule has 0 saturated heterocycles. The third kappa shape index (κ3) is 4.01. The minimum absolute atomic E-state index is 0.0643. The predicted molar refractivity (Wildman–Crippen MR) is 93.2 cm³/mol. The van der Waals surface area contributed by atoms with Crippen LogP contribution in [0.15, 0.2) is 35.6 Å². The highest BCUT2D eigenvalue weighted by molar-refractivity contribution is 7.99. The average Bonchev–Trinajstić information content (AvgIpc) is 2.97. The van der Waals surface area contributed by atoms with Crippen LogP contribution in [0.3, 0.4) is 0 Å². The lowest BCUT2D eigenvalue weighted by atomic mass is 10.2. The Hall–Kier alpha value is -1.94. The third-order valence-corrected chi connectivity index (χ3v) is 4.80. The number of aromatic nitrogens is 4. The Morgan fingerprint density at radius 3 is 2.56 bits per heavy atom. The highest BCUT2D eigenvalue weighted by Gasteiger charge is 2.57. The van der Waals surface area contributed by atoms with E-state index < -0.39 is 18.6 Å². The number of halogens is 6. The van der Waals surface area contributed by atoms with Gasteiger partial charge in [-0.25, -0.2) is 9.97 Å². The molecule has 0 aliphatic rings. The first-order chi connectivity index (χ1) is 12.6. The van der Waals surface area contributed by atoms with E-state index in [0.29, 0.717) is 11.4 Å². The van der Waals surface area contributed by atoms with Gasteiger partial charge in [-0.2, -0.15) is 22.0 Å². The second kappa shape index (κ2) is 7.23. The molecule has 0 radical (unpaired) electrons. The lowest BCUT2D eigenvalue weighted by molar-refractivity contribution is -0.286. The summed E-state index contributed by atoms with van der Waals surface area (Å²) in [7, 11) is 0. The van der Waals surface area contributed by atoms with Crippen LogP contribution >= 0.6 is 23.4 Å². The zero-order chi connectivity index (χ0) is 19.8. The van der Waals surface area contributed by atoms with Gasteiger partial charge in [0.2, 0.25) is 0 Å². The number of fused-ring (bicyclic) bond motifs is 1. The number of rotatable bonds is 5. The molecule has 3 rings (SSSR count). The first kappa shape index (κ1) is 19.8. The van der Waals surface area contributed by atoms with Crippen LogP contribution in [0.2, 0.25) is 5.15 Å². The SMILES string of the molecule is CCSc1ccc(Cl)nc1-c1cc2ncn(CC(F)(F)C(F)(F)F)c2cn1. The van der Waals surface area contributed by atoms with E-state index in [1.54, 1.807) is 12.1 Å². The second-order valence-corrected chi connectivity index (χ2v) is 7.24. The van der Waals surface area contributed by atoms with Crippen molar-refractivity contribution in [3.05, 3.63) is 35.9 Å². The summed E-state index contributed by atoms with van der Waals surface area (Å²) in [4.78, 5) is 13.2. The van der Waals surface area contributed by atoms with E-state index in [9.17, 15) is 22.0 Å². The van der Waals surface area contributed by atoms with E-state index in [0.717, 1.165) is 21.5 Å². The molecule has 0 aliphatic carbocycles. The average molecular weight is 423 g/mol. The minimum atomic E-state index is -5.64. The van der Waals surface area contributed by atoms with Crippen LogP contribution < -0.4 is 0 Å². The van der Waals surface area contributed by atoms with Crippen molar-refractivity contribution >= 4 is 34.4 Å². The van der Waals surface area contributed by atoms with Gasteiger partial charge < -0.3 is 4.57 Å². The van der Waals surface area contributed by atoms with E-state index in [1.165, 1.54) is 24.0 Å². The van der Waals surface area contributed by atoms with E-state index in [4.69, 9.17) is 11.6 Å². The number of nitrogens with zero attached hydrogens (tertiary/aromatic N) is 4. The fourth-order valence-electron chi connectivity index (χ4n) is 2.39. The zero-order valence-electron chi connectivity index (χ0n) is 13.8. The van der Waals surface area contributed by atoms with Gasteiger partial charge in [-0.1, -0.05) is 18.5 Å². The highest BCUT2D eigenvalue weighted by atomic mass is 35.5. The fourth-order valence-corrected chi connectivity index (χ4v) is 3.30. The lowest BCUT2D eigenvalue weighted by Gasteiger charge is -2.20. The molecule has 0 N–H and O–H groups in total. The van der Waals surface area contributed by atoms with Gasteiger partial charge in [0.25, 0.3) is 0 Å². The molecule has 11 heteroatoms. The summed E-state index contributed by atoms with van der Waals surface area (Å²) in [6, 6.07) is 4.90. The number of hydrogen-bond acceptors (Lipinski definition) is 4. The summed E-state index contributed by atoms with van der Waals surface area (Å²) < 4.78 is 64.7. The van der Waals surface area contributed by atoms with Crippen molar-refractivity contribution in [3.8, 4) is 11.4 Å². The normalized spacial score (nSPS) is 12.7. The van der Waals surface area contributed by atoms with Crippen molar-refractivity contribution < 1.29 is 22.0 Å². The largest absolute Gasteiger partial charge is 0.455 e. The summed E-state index contributed by atoms with van der Waals surface area (Å²) >= 11 is 7.46. The Morgan fingerprint density at radius 2 is 1.89 bits per heavy atom. The van der Waals surface area contributed by atoms with Crippen molar-refractivity contribution in [2.75, 3.05) is 5.75 Å². The quantitative estimate of drug-likeness (QED) is 0.311. The molecule has 0 fully saturated rings. The van der Waals surface area contributed by atoms with Crippen LogP contribution in [0.5, 0.6) is 0 Å². The Kier molecular flexibility index (Phi) is 5.31. The Labute approximate surface area is 159 Å². The molecule has 144 valence electrons. The van der Waals surface area contributed by atoms with Gasteiger partial charge in [0.1, 0.15) is 10.8 Å². The van der Waals surface area contributed by atoms with Crippen LogP contribution in [0, 0.1) is 0 Å². The number of pyridine rings is 2. The first-order valence-corrected chi connectivity index (χ1v) is 9.04. The summed E-state index contributed by atoms with van der Waals surface area (Å²) in [5.74, 6) is -4.10. The summed E-state index contributed by atoms with van der Waals surface area (Å²) in [5.41, 5.74) is 1.18. The Balaban J connectivity index is 2.01. The van der Waals surface area contributed by atoms with Crippen LogP contribution in [0.25, 0.3) is 22.4 Å². The van der Waals surface area contributed by atoms with Gasteiger partial charge >= 0.3 is 12.1 Å². The Bertz CT molecular complexity index is 973. The topological polar surface area (TPSA) is 43.6 Å². The molecule has 0 aromatic carbocycles. The fraction of sp³-hybridized carbons (Fsp3) is 0.312. The van der Waals surface area contributed by atoms with Crippen LogP contribution in [-0.4, -0.2) is 37.4 Å². The smallest absolute Gasteiger partial charge is 0.323 e. The van der Waals surface area contributed by atoms with Gasteiger partial charge in [0, 0.05) is 4.90 Å². The molecular weight excluding hydrogens is 411 g/mol. The van der Waals surface area contributed by atoms with Crippen molar-refractivity contribution in [1.29, 1.82) is 0 Å². The first-order valence-electron chi connectivity index (χ1n) is 7.67. The molecule has 3 heterocycles. The van der Waals surface area contributed by atoms with Crippen molar-refractivity contribution in [1.82, 2.24) is 19.5 Å². The van der Waals surface area contributed by atoms with Gasteiger partial charge in [0.15, 0.2) is 0 Å².